The van der Waals surface area contributed by atoms with E-state index in [-0.39, 0.29) is 16.2 Å². The molecule has 0 amide bonds. The fourth-order valence-electron chi connectivity index (χ4n) is 2.29. The van der Waals surface area contributed by atoms with Gasteiger partial charge in [-0.25, -0.2) is 13.4 Å². The molecular weight excluding hydrogens is 359 g/mol. The summed E-state index contributed by atoms with van der Waals surface area (Å²) >= 11 is 1.17. The highest BCUT2D eigenvalue weighted by Gasteiger charge is 2.31. The maximum Gasteiger partial charge on any atom is 0.416 e. The largest absolute Gasteiger partial charge is 0.416 e. The number of sulfone groups is 1. The van der Waals surface area contributed by atoms with Gasteiger partial charge in [-0.2, -0.15) is 13.2 Å². The summed E-state index contributed by atoms with van der Waals surface area (Å²) in [6.07, 6.45) is -4.44. The lowest BCUT2D eigenvalue weighted by Gasteiger charge is -2.06. The second-order valence-electron chi connectivity index (χ2n) is 5.10. The van der Waals surface area contributed by atoms with Crippen molar-refractivity contribution in [1.82, 2.24) is 4.98 Å². The first-order valence-electron chi connectivity index (χ1n) is 7.02. The number of hydrogen-bond acceptors (Lipinski definition) is 4. The van der Waals surface area contributed by atoms with Crippen molar-refractivity contribution in [2.45, 2.75) is 18.0 Å². The summed E-state index contributed by atoms with van der Waals surface area (Å²) in [6.45, 7) is 1.54. The molecule has 1 aromatic heterocycles. The lowest BCUT2D eigenvalue weighted by molar-refractivity contribution is -0.137. The summed E-state index contributed by atoms with van der Waals surface area (Å²) in [5.74, 6) is -0.0624. The number of alkyl halides is 3. The zero-order valence-electron chi connectivity index (χ0n) is 12.5. The van der Waals surface area contributed by atoms with Gasteiger partial charge in [-0.1, -0.05) is 25.1 Å². The van der Waals surface area contributed by atoms with Crippen molar-refractivity contribution in [3.63, 3.8) is 0 Å². The van der Waals surface area contributed by atoms with Crippen molar-refractivity contribution in [2.24, 2.45) is 0 Å². The molecule has 0 bridgehead atoms. The summed E-state index contributed by atoms with van der Waals surface area (Å²) in [5, 5.41) is 0.386. The van der Waals surface area contributed by atoms with Crippen LogP contribution in [0.4, 0.5) is 13.2 Å². The zero-order valence-corrected chi connectivity index (χ0v) is 14.1. The van der Waals surface area contributed by atoms with E-state index in [1.54, 1.807) is 25.1 Å². The van der Waals surface area contributed by atoms with E-state index in [2.05, 4.69) is 4.98 Å². The molecule has 0 atom stereocenters. The second-order valence-corrected chi connectivity index (χ2v) is 8.38. The summed E-state index contributed by atoms with van der Waals surface area (Å²) in [6, 6.07) is 9.73. The number of halogens is 3. The van der Waals surface area contributed by atoms with Crippen LogP contribution in [0, 0.1) is 0 Å². The van der Waals surface area contributed by atoms with Gasteiger partial charge in [-0.3, -0.25) is 0 Å². The van der Waals surface area contributed by atoms with E-state index in [1.807, 2.05) is 0 Å². The Kier molecular flexibility index (Phi) is 4.13. The Morgan fingerprint density at radius 1 is 1.12 bits per heavy atom. The van der Waals surface area contributed by atoms with E-state index in [4.69, 9.17) is 0 Å². The quantitative estimate of drug-likeness (QED) is 0.666. The van der Waals surface area contributed by atoms with Crippen molar-refractivity contribution >= 4 is 31.4 Å². The molecule has 0 spiro atoms. The third kappa shape index (κ3) is 3.03. The molecule has 0 fully saturated rings. The normalized spacial score (nSPS) is 12.7. The summed E-state index contributed by atoms with van der Waals surface area (Å²) < 4.78 is 63.4. The first kappa shape index (κ1) is 16.9. The van der Waals surface area contributed by atoms with E-state index < -0.39 is 21.6 Å². The van der Waals surface area contributed by atoms with Crippen LogP contribution in [0.5, 0.6) is 0 Å². The first-order valence-corrected chi connectivity index (χ1v) is 9.49. The van der Waals surface area contributed by atoms with Crippen LogP contribution >= 0.6 is 11.3 Å². The van der Waals surface area contributed by atoms with Crippen LogP contribution in [-0.4, -0.2) is 19.2 Å². The Morgan fingerprint density at radius 3 is 2.50 bits per heavy atom. The third-order valence-corrected chi connectivity index (χ3v) is 6.40. The lowest BCUT2D eigenvalue weighted by Crippen LogP contribution is -2.05. The molecule has 3 rings (SSSR count). The summed E-state index contributed by atoms with van der Waals surface area (Å²) in [4.78, 5) is 4.36. The van der Waals surface area contributed by atoms with Crippen LogP contribution < -0.4 is 0 Å². The average Bonchev–Trinajstić information content (AvgIpc) is 2.97. The van der Waals surface area contributed by atoms with Crippen LogP contribution in [0.15, 0.2) is 47.4 Å². The second kappa shape index (κ2) is 5.86. The van der Waals surface area contributed by atoms with Crippen LogP contribution in [0.3, 0.4) is 0 Å². The molecule has 0 aliphatic carbocycles. The molecule has 0 saturated carbocycles. The predicted molar refractivity (Wildman–Crippen MR) is 87.8 cm³/mol. The molecule has 24 heavy (non-hydrogen) atoms. The Morgan fingerprint density at radius 2 is 1.83 bits per heavy atom. The average molecular weight is 371 g/mol. The van der Waals surface area contributed by atoms with Gasteiger partial charge in [0.05, 0.1) is 26.4 Å². The topological polar surface area (TPSA) is 47.0 Å². The van der Waals surface area contributed by atoms with Crippen LogP contribution in [0.2, 0.25) is 0 Å². The molecule has 0 aliphatic rings. The van der Waals surface area contributed by atoms with Crippen molar-refractivity contribution in [2.75, 3.05) is 5.75 Å². The van der Waals surface area contributed by atoms with Gasteiger partial charge >= 0.3 is 6.18 Å². The van der Waals surface area contributed by atoms with E-state index in [1.165, 1.54) is 23.5 Å². The predicted octanol–water partition coefficient (Wildman–Crippen LogP) is 4.78. The molecule has 0 saturated heterocycles. The smallest absolute Gasteiger partial charge is 0.236 e. The van der Waals surface area contributed by atoms with Gasteiger partial charge in [0.25, 0.3) is 0 Å². The monoisotopic (exact) mass is 371 g/mol. The Hall–Kier alpha value is -1.93. The molecule has 0 unspecified atom stereocenters. The minimum atomic E-state index is -4.44. The number of benzene rings is 2. The van der Waals surface area contributed by atoms with E-state index in [9.17, 15) is 21.6 Å². The van der Waals surface area contributed by atoms with Gasteiger partial charge in [-0.05, 0) is 24.3 Å². The van der Waals surface area contributed by atoms with Gasteiger partial charge in [0.1, 0.15) is 5.01 Å². The van der Waals surface area contributed by atoms with Crippen LogP contribution in [0.25, 0.3) is 20.8 Å². The minimum Gasteiger partial charge on any atom is -0.236 e. The highest BCUT2D eigenvalue weighted by molar-refractivity contribution is 7.91. The van der Waals surface area contributed by atoms with Crippen molar-refractivity contribution in [3.05, 3.63) is 48.0 Å². The molecule has 3 nitrogen and oxygen atoms in total. The van der Waals surface area contributed by atoms with Gasteiger partial charge in [0, 0.05) is 5.56 Å². The zero-order chi connectivity index (χ0) is 17.5. The van der Waals surface area contributed by atoms with E-state index in [0.29, 0.717) is 15.3 Å². The molecule has 2 aromatic carbocycles. The van der Waals surface area contributed by atoms with Gasteiger partial charge in [0.2, 0.25) is 0 Å². The molecule has 0 aliphatic heterocycles. The third-order valence-electron chi connectivity index (χ3n) is 3.55. The SMILES string of the molecule is CCS(=O)(=O)c1ccccc1-c1nc2cc(C(F)(F)F)ccc2s1. The highest BCUT2D eigenvalue weighted by atomic mass is 32.2. The minimum absolute atomic E-state index is 0.0624. The molecule has 3 aromatic rings. The number of hydrogen-bond donors (Lipinski definition) is 0. The Bertz CT molecular complexity index is 1010. The lowest BCUT2D eigenvalue weighted by atomic mass is 10.2. The number of nitrogens with zero attached hydrogens (tertiary/aromatic N) is 1. The van der Waals surface area contributed by atoms with Gasteiger partial charge in [-0.15, -0.1) is 11.3 Å². The fraction of sp³-hybridized carbons (Fsp3) is 0.188. The molecule has 8 heteroatoms. The van der Waals surface area contributed by atoms with Crippen LogP contribution in [0.1, 0.15) is 12.5 Å². The van der Waals surface area contributed by atoms with Gasteiger partial charge < -0.3 is 0 Å². The number of thiazole rings is 1. The molecule has 0 N–H and O–H groups in total. The Balaban J connectivity index is 2.18. The summed E-state index contributed by atoms with van der Waals surface area (Å²) in [5.41, 5.74) is -0.163. The van der Waals surface area contributed by atoms with Gasteiger partial charge in [0.15, 0.2) is 9.84 Å². The number of fused-ring (bicyclic) bond motifs is 1. The maximum absolute atomic E-state index is 12.8. The maximum atomic E-state index is 12.8. The van der Waals surface area contributed by atoms with Crippen molar-refractivity contribution in [3.8, 4) is 10.6 Å². The molecule has 0 radical (unpaired) electrons. The van der Waals surface area contributed by atoms with Crippen molar-refractivity contribution in [1.29, 1.82) is 0 Å². The number of aromatic nitrogens is 1. The summed E-state index contributed by atoms with van der Waals surface area (Å²) in [7, 11) is -3.46. The van der Waals surface area contributed by atoms with E-state index in [0.717, 1.165) is 12.1 Å². The number of rotatable bonds is 3. The fourth-order valence-corrected chi connectivity index (χ4v) is 4.44. The molecule has 1 heterocycles. The molecule has 126 valence electrons. The molecular formula is C16H12F3NO2S2. The highest BCUT2D eigenvalue weighted by Crippen LogP contribution is 2.37. The van der Waals surface area contributed by atoms with E-state index >= 15 is 0 Å². The van der Waals surface area contributed by atoms with Crippen LogP contribution in [-0.2, 0) is 16.0 Å². The Labute approximate surface area is 140 Å². The first-order chi connectivity index (χ1) is 11.2. The standard InChI is InChI=1S/C16H12F3NO2S2/c1-2-24(21,22)14-6-4-3-5-11(14)15-20-12-9-10(16(17,18)19)7-8-13(12)23-15/h3-9H,2H2,1H3. The van der Waals surface area contributed by atoms with Crippen molar-refractivity contribution < 1.29 is 21.6 Å².